The van der Waals surface area contributed by atoms with Gasteiger partial charge in [-0.05, 0) is 68.6 Å². The maximum absolute atomic E-state index is 14.6. The summed E-state index contributed by atoms with van der Waals surface area (Å²) in [4.78, 5) is 11.4. The van der Waals surface area contributed by atoms with Crippen LogP contribution in [0.2, 0.25) is 5.02 Å². The van der Waals surface area contributed by atoms with Crippen LogP contribution in [0, 0.1) is 0 Å². The summed E-state index contributed by atoms with van der Waals surface area (Å²) in [6, 6.07) is 3.93. The van der Waals surface area contributed by atoms with Crippen molar-refractivity contribution in [2.75, 3.05) is 0 Å². The Balaban J connectivity index is 2.62. The number of Topliss-reactive ketones (excluding diaryl/α,β-unsaturated/α-hetero) is 1. The van der Waals surface area contributed by atoms with E-state index in [1.165, 1.54) is 0 Å². The number of alkyl halides is 6. The van der Waals surface area contributed by atoms with E-state index < -0.39 is 52.1 Å². The SMILES string of the molecule is CC(=O)c1ccc(/C(F)=C/C(c2cc(Br)c(Cl)c(Br)c2)C(F)(F)F)cc1C(F)(F)F. The Morgan fingerprint density at radius 1 is 1.03 bits per heavy atom. The number of hydrogen-bond acceptors (Lipinski definition) is 1. The fourth-order valence-corrected chi connectivity index (χ4v) is 3.94. The van der Waals surface area contributed by atoms with Crippen molar-refractivity contribution < 1.29 is 35.5 Å². The molecule has 162 valence electrons. The van der Waals surface area contributed by atoms with Crippen LogP contribution >= 0.6 is 43.5 Å². The highest BCUT2D eigenvalue weighted by Crippen LogP contribution is 2.43. The van der Waals surface area contributed by atoms with E-state index in [0.29, 0.717) is 6.07 Å². The summed E-state index contributed by atoms with van der Waals surface area (Å²) in [5, 5.41) is 0.0961. The molecule has 30 heavy (non-hydrogen) atoms. The third kappa shape index (κ3) is 5.64. The fourth-order valence-electron chi connectivity index (χ4n) is 2.61. The molecule has 0 spiro atoms. The van der Waals surface area contributed by atoms with Gasteiger partial charge in [0.1, 0.15) is 11.7 Å². The van der Waals surface area contributed by atoms with E-state index in [0.717, 1.165) is 31.2 Å². The number of carbonyl (C=O) groups is 1. The maximum atomic E-state index is 14.6. The van der Waals surface area contributed by atoms with Gasteiger partial charge in [-0.3, -0.25) is 4.79 Å². The smallest absolute Gasteiger partial charge is 0.294 e. The summed E-state index contributed by atoms with van der Waals surface area (Å²) in [7, 11) is 0. The lowest BCUT2D eigenvalue weighted by Gasteiger charge is -2.19. The molecular formula is C19H10Br2ClF7O. The average molecular weight is 583 g/mol. The Hall–Kier alpha value is -1.39. The molecule has 0 N–H and O–H groups in total. The van der Waals surface area contributed by atoms with Gasteiger partial charge >= 0.3 is 12.4 Å². The Labute approximate surface area is 188 Å². The number of benzene rings is 2. The second-order valence-electron chi connectivity index (χ2n) is 6.15. The van der Waals surface area contributed by atoms with Crippen molar-refractivity contribution in [3.05, 3.63) is 72.6 Å². The van der Waals surface area contributed by atoms with E-state index in [1.807, 2.05) is 0 Å². The van der Waals surface area contributed by atoms with Gasteiger partial charge < -0.3 is 0 Å². The number of rotatable bonds is 4. The first-order chi connectivity index (χ1) is 13.6. The molecule has 11 heteroatoms. The molecule has 0 radical (unpaired) electrons. The minimum atomic E-state index is -4.99. The molecule has 0 bridgehead atoms. The summed E-state index contributed by atoms with van der Waals surface area (Å²) in [5.74, 6) is -4.91. The van der Waals surface area contributed by atoms with E-state index in [1.54, 1.807) is 0 Å². The summed E-state index contributed by atoms with van der Waals surface area (Å²) in [6.07, 6.45) is -9.77. The maximum Gasteiger partial charge on any atom is 0.417 e. The standard InChI is InChI=1S/C19H10Br2ClF7O/c1-8(30)11-3-2-9(4-13(11)19(27,28)29)16(23)7-12(18(24,25)26)10-5-14(20)17(22)15(21)6-10/h2-7,12H,1H3/b16-7-. The van der Waals surface area contributed by atoms with Crippen LogP contribution in [-0.2, 0) is 6.18 Å². The minimum Gasteiger partial charge on any atom is -0.294 e. The number of carbonyl (C=O) groups excluding carboxylic acids is 1. The molecule has 0 amide bonds. The first-order valence-electron chi connectivity index (χ1n) is 7.94. The van der Waals surface area contributed by atoms with Gasteiger partial charge in [0, 0.05) is 20.1 Å². The van der Waals surface area contributed by atoms with Crippen LogP contribution in [0.4, 0.5) is 30.7 Å². The van der Waals surface area contributed by atoms with Crippen molar-refractivity contribution in [1.82, 2.24) is 0 Å². The van der Waals surface area contributed by atoms with Crippen LogP contribution < -0.4 is 0 Å². The molecule has 1 nitrogen and oxygen atoms in total. The highest BCUT2D eigenvalue weighted by atomic mass is 79.9. The predicted molar refractivity (Wildman–Crippen MR) is 106 cm³/mol. The molecule has 0 saturated carbocycles. The molecule has 0 aromatic heterocycles. The Morgan fingerprint density at radius 2 is 1.57 bits per heavy atom. The van der Waals surface area contributed by atoms with Gasteiger partial charge in [-0.2, -0.15) is 26.3 Å². The van der Waals surface area contributed by atoms with E-state index in [2.05, 4.69) is 31.9 Å². The second-order valence-corrected chi connectivity index (χ2v) is 8.23. The van der Waals surface area contributed by atoms with Crippen LogP contribution in [0.5, 0.6) is 0 Å². The minimum absolute atomic E-state index is 0.0961. The Morgan fingerprint density at radius 3 is 2.00 bits per heavy atom. The molecule has 0 fully saturated rings. The molecule has 0 aliphatic heterocycles. The van der Waals surface area contributed by atoms with Gasteiger partial charge in [-0.1, -0.05) is 23.7 Å². The van der Waals surface area contributed by atoms with E-state index >= 15 is 0 Å². The molecule has 0 heterocycles. The molecular weight excluding hydrogens is 572 g/mol. The van der Waals surface area contributed by atoms with E-state index in [-0.39, 0.29) is 20.0 Å². The Bertz CT molecular complexity index is 990. The van der Waals surface area contributed by atoms with Gasteiger partial charge in [0.05, 0.1) is 10.6 Å². The van der Waals surface area contributed by atoms with Crippen LogP contribution in [0.15, 0.2) is 45.4 Å². The zero-order valence-electron chi connectivity index (χ0n) is 14.7. The summed E-state index contributed by atoms with van der Waals surface area (Å²) < 4.78 is 95.2. The van der Waals surface area contributed by atoms with Gasteiger partial charge in [-0.25, -0.2) is 4.39 Å². The quantitative estimate of drug-likeness (QED) is 0.200. The summed E-state index contributed by atoms with van der Waals surface area (Å²) in [6.45, 7) is 0.895. The fraction of sp³-hybridized carbons (Fsp3) is 0.211. The molecule has 1 atom stereocenters. The average Bonchev–Trinajstić information content (AvgIpc) is 2.61. The number of ketones is 1. The third-order valence-corrected chi connectivity index (χ3v) is 6.13. The van der Waals surface area contributed by atoms with Crippen molar-refractivity contribution in [2.24, 2.45) is 0 Å². The first kappa shape index (κ1) is 24.9. The molecule has 0 aliphatic rings. The topological polar surface area (TPSA) is 17.1 Å². The van der Waals surface area contributed by atoms with Crippen LogP contribution in [0.1, 0.15) is 39.9 Å². The molecule has 2 aromatic carbocycles. The Kier molecular flexibility index (Phi) is 7.46. The predicted octanol–water partition coefficient (Wildman–Crippen LogP) is 8.74. The summed E-state index contributed by atoms with van der Waals surface area (Å²) in [5.41, 5.74) is -3.28. The molecule has 0 aliphatic carbocycles. The molecule has 0 saturated heterocycles. The lowest BCUT2D eigenvalue weighted by molar-refractivity contribution is -0.140. The number of hydrogen-bond donors (Lipinski definition) is 0. The van der Waals surface area contributed by atoms with Crippen LogP contribution in [0.25, 0.3) is 5.83 Å². The second kappa shape index (κ2) is 9.00. The molecule has 2 aromatic rings. The third-order valence-electron chi connectivity index (χ3n) is 4.01. The summed E-state index contributed by atoms with van der Waals surface area (Å²) >= 11 is 11.9. The monoisotopic (exact) mass is 580 g/mol. The van der Waals surface area contributed by atoms with Gasteiger partial charge in [-0.15, -0.1) is 0 Å². The molecule has 2 rings (SSSR count). The van der Waals surface area contributed by atoms with E-state index in [9.17, 15) is 35.5 Å². The van der Waals surface area contributed by atoms with Crippen molar-refractivity contribution in [1.29, 1.82) is 0 Å². The van der Waals surface area contributed by atoms with E-state index in [4.69, 9.17) is 11.6 Å². The lowest BCUT2D eigenvalue weighted by Crippen LogP contribution is -2.19. The van der Waals surface area contributed by atoms with Crippen molar-refractivity contribution in [3.8, 4) is 0 Å². The van der Waals surface area contributed by atoms with Crippen LogP contribution in [-0.4, -0.2) is 12.0 Å². The number of allylic oxidation sites excluding steroid dienone is 1. The van der Waals surface area contributed by atoms with Gasteiger partial charge in [0.25, 0.3) is 0 Å². The van der Waals surface area contributed by atoms with Gasteiger partial charge in [0.15, 0.2) is 5.78 Å². The van der Waals surface area contributed by atoms with Gasteiger partial charge in [0.2, 0.25) is 0 Å². The zero-order valence-corrected chi connectivity index (χ0v) is 18.7. The van der Waals surface area contributed by atoms with Crippen LogP contribution in [0.3, 0.4) is 0 Å². The highest BCUT2D eigenvalue weighted by Gasteiger charge is 2.41. The molecule has 1 unspecified atom stereocenters. The zero-order chi connectivity index (χ0) is 23.0. The van der Waals surface area contributed by atoms with Crippen molar-refractivity contribution in [2.45, 2.75) is 25.2 Å². The highest BCUT2D eigenvalue weighted by molar-refractivity contribution is 9.11. The normalized spacial score (nSPS) is 14.0. The van der Waals surface area contributed by atoms with Crippen molar-refractivity contribution in [3.63, 3.8) is 0 Å². The first-order valence-corrected chi connectivity index (χ1v) is 9.90. The largest absolute Gasteiger partial charge is 0.417 e. The lowest BCUT2D eigenvalue weighted by atomic mass is 9.95. The number of halogens is 10. The van der Waals surface area contributed by atoms with Crippen molar-refractivity contribution >= 4 is 55.1 Å².